The summed E-state index contributed by atoms with van der Waals surface area (Å²) in [4.78, 5) is 0. The summed E-state index contributed by atoms with van der Waals surface area (Å²) in [6.07, 6.45) is 0. The largest absolute Gasteiger partial charge is 0.0610 e. The zero-order valence-electron chi connectivity index (χ0n) is 16.1. The standard InChI is InChI=1S/C26H26/c1-17(2)19-11-13-23-21(15-19)7-5-9-25(23)26-10-6-8-22-16-20(18(3)4)12-14-24(22)26/h5-18H,1-4H3. The lowest BCUT2D eigenvalue weighted by molar-refractivity contribution is 0.868. The van der Waals surface area contributed by atoms with Crippen molar-refractivity contribution in [3.63, 3.8) is 0 Å². The molecule has 0 aliphatic rings. The predicted octanol–water partition coefficient (Wildman–Crippen LogP) is 7.91. The van der Waals surface area contributed by atoms with Crippen LogP contribution in [0.4, 0.5) is 0 Å². The highest BCUT2D eigenvalue weighted by Gasteiger charge is 2.10. The van der Waals surface area contributed by atoms with E-state index in [1.807, 2.05) is 0 Å². The second-order valence-corrected chi connectivity index (χ2v) is 7.88. The highest BCUT2D eigenvalue weighted by atomic mass is 14.1. The molecule has 0 radical (unpaired) electrons. The fourth-order valence-electron chi connectivity index (χ4n) is 3.79. The van der Waals surface area contributed by atoms with E-state index < -0.39 is 0 Å². The lowest BCUT2D eigenvalue weighted by Crippen LogP contribution is -1.90. The van der Waals surface area contributed by atoms with Crippen LogP contribution < -0.4 is 0 Å². The number of fused-ring (bicyclic) bond motifs is 2. The molecule has 0 spiro atoms. The third-order valence-corrected chi connectivity index (χ3v) is 5.43. The van der Waals surface area contributed by atoms with Gasteiger partial charge in [-0.3, -0.25) is 0 Å². The normalized spacial score (nSPS) is 11.8. The Kier molecular flexibility index (Phi) is 4.28. The van der Waals surface area contributed by atoms with Crippen LogP contribution in [0.15, 0.2) is 72.8 Å². The fourth-order valence-corrected chi connectivity index (χ4v) is 3.79. The van der Waals surface area contributed by atoms with Crippen LogP contribution >= 0.6 is 0 Å². The van der Waals surface area contributed by atoms with E-state index in [9.17, 15) is 0 Å². The van der Waals surface area contributed by atoms with Crippen LogP contribution in [0.1, 0.15) is 50.7 Å². The Morgan fingerprint density at radius 1 is 0.500 bits per heavy atom. The zero-order valence-corrected chi connectivity index (χ0v) is 16.1. The highest BCUT2D eigenvalue weighted by Crippen LogP contribution is 2.35. The van der Waals surface area contributed by atoms with Crippen molar-refractivity contribution in [2.75, 3.05) is 0 Å². The lowest BCUT2D eigenvalue weighted by atomic mass is 9.90. The fraction of sp³-hybridized carbons (Fsp3) is 0.231. The van der Waals surface area contributed by atoms with E-state index in [0.717, 1.165) is 0 Å². The molecule has 0 N–H and O–H groups in total. The summed E-state index contributed by atoms with van der Waals surface area (Å²) in [6, 6.07) is 27.1. The number of rotatable bonds is 3. The number of hydrogen-bond acceptors (Lipinski definition) is 0. The number of benzene rings is 4. The molecule has 0 bridgehead atoms. The van der Waals surface area contributed by atoms with Gasteiger partial charge in [0, 0.05) is 0 Å². The first-order chi connectivity index (χ1) is 12.5. The first kappa shape index (κ1) is 16.8. The summed E-state index contributed by atoms with van der Waals surface area (Å²) < 4.78 is 0. The predicted molar refractivity (Wildman–Crippen MR) is 115 cm³/mol. The summed E-state index contributed by atoms with van der Waals surface area (Å²) in [7, 11) is 0. The van der Waals surface area contributed by atoms with Crippen molar-refractivity contribution in [3.05, 3.63) is 83.9 Å². The maximum atomic E-state index is 2.34. The molecule has 0 unspecified atom stereocenters. The smallest absolute Gasteiger partial charge is 0.00992 e. The molecule has 0 aliphatic carbocycles. The van der Waals surface area contributed by atoms with Crippen molar-refractivity contribution in [1.29, 1.82) is 0 Å². The van der Waals surface area contributed by atoms with Gasteiger partial charge in [0.15, 0.2) is 0 Å². The molecule has 26 heavy (non-hydrogen) atoms. The summed E-state index contributed by atoms with van der Waals surface area (Å²) >= 11 is 0. The van der Waals surface area contributed by atoms with Crippen LogP contribution in [0.2, 0.25) is 0 Å². The summed E-state index contributed by atoms with van der Waals surface area (Å²) in [5.74, 6) is 1.10. The average Bonchev–Trinajstić information content (AvgIpc) is 2.66. The van der Waals surface area contributed by atoms with Gasteiger partial charge in [-0.1, -0.05) is 100 Å². The minimum Gasteiger partial charge on any atom is -0.0610 e. The molecular weight excluding hydrogens is 312 g/mol. The monoisotopic (exact) mass is 338 g/mol. The molecule has 0 heterocycles. The zero-order chi connectivity index (χ0) is 18.3. The maximum absolute atomic E-state index is 2.34. The first-order valence-electron chi connectivity index (χ1n) is 9.60. The van der Waals surface area contributed by atoms with Crippen molar-refractivity contribution >= 4 is 21.5 Å². The summed E-state index contributed by atoms with van der Waals surface area (Å²) in [6.45, 7) is 9.01. The van der Waals surface area contributed by atoms with Crippen molar-refractivity contribution in [3.8, 4) is 11.1 Å². The molecule has 0 atom stereocenters. The van der Waals surface area contributed by atoms with Crippen molar-refractivity contribution in [2.24, 2.45) is 0 Å². The third kappa shape index (κ3) is 2.90. The molecule has 0 aromatic heterocycles. The van der Waals surface area contributed by atoms with Gasteiger partial charge in [-0.15, -0.1) is 0 Å². The quantitative estimate of drug-likeness (QED) is 0.356. The van der Waals surface area contributed by atoms with Crippen molar-refractivity contribution < 1.29 is 0 Å². The Morgan fingerprint density at radius 2 is 0.923 bits per heavy atom. The van der Waals surface area contributed by atoms with Crippen LogP contribution in [0, 0.1) is 0 Å². The van der Waals surface area contributed by atoms with Gasteiger partial charge in [-0.05, 0) is 55.6 Å². The van der Waals surface area contributed by atoms with Gasteiger partial charge < -0.3 is 0 Å². The molecule has 4 rings (SSSR count). The topological polar surface area (TPSA) is 0 Å². The van der Waals surface area contributed by atoms with Crippen LogP contribution in [-0.2, 0) is 0 Å². The second-order valence-electron chi connectivity index (χ2n) is 7.88. The van der Waals surface area contributed by atoms with Gasteiger partial charge >= 0.3 is 0 Å². The second kappa shape index (κ2) is 6.61. The molecule has 0 nitrogen and oxygen atoms in total. The van der Waals surface area contributed by atoms with Crippen molar-refractivity contribution in [1.82, 2.24) is 0 Å². The van der Waals surface area contributed by atoms with E-state index in [2.05, 4.69) is 100 Å². The van der Waals surface area contributed by atoms with E-state index in [-0.39, 0.29) is 0 Å². The Labute approximate surface area is 156 Å². The van der Waals surface area contributed by atoms with Gasteiger partial charge in [-0.25, -0.2) is 0 Å². The van der Waals surface area contributed by atoms with Crippen LogP contribution in [0.5, 0.6) is 0 Å². The van der Waals surface area contributed by atoms with Crippen LogP contribution in [-0.4, -0.2) is 0 Å². The van der Waals surface area contributed by atoms with Gasteiger partial charge in [-0.2, -0.15) is 0 Å². The van der Waals surface area contributed by atoms with Gasteiger partial charge in [0.25, 0.3) is 0 Å². The Bertz CT molecular complexity index is 994. The maximum Gasteiger partial charge on any atom is -0.00992 e. The van der Waals surface area contributed by atoms with E-state index in [1.165, 1.54) is 43.8 Å². The molecule has 0 amide bonds. The molecular formula is C26H26. The molecule has 0 fully saturated rings. The van der Waals surface area contributed by atoms with E-state index in [1.54, 1.807) is 0 Å². The van der Waals surface area contributed by atoms with Gasteiger partial charge in [0.05, 0.1) is 0 Å². The number of hydrogen-bond donors (Lipinski definition) is 0. The Morgan fingerprint density at radius 3 is 1.31 bits per heavy atom. The highest BCUT2D eigenvalue weighted by molar-refractivity contribution is 6.05. The Hall–Kier alpha value is -2.60. The lowest BCUT2D eigenvalue weighted by Gasteiger charge is -2.14. The molecule has 0 saturated heterocycles. The Balaban J connectivity index is 1.95. The molecule has 0 aliphatic heterocycles. The average molecular weight is 338 g/mol. The third-order valence-electron chi connectivity index (χ3n) is 5.43. The van der Waals surface area contributed by atoms with E-state index in [4.69, 9.17) is 0 Å². The molecule has 0 saturated carbocycles. The van der Waals surface area contributed by atoms with E-state index >= 15 is 0 Å². The minimum absolute atomic E-state index is 0.551. The summed E-state index contributed by atoms with van der Waals surface area (Å²) in [5, 5.41) is 5.31. The van der Waals surface area contributed by atoms with E-state index in [0.29, 0.717) is 11.8 Å². The molecule has 4 aromatic rings. The van der Waals surface area contributed by atoms with Crippen molar-refractivity contribution in [2.45, 2.75) is 39.5 Å². The first-order valence-corrected chi connectivity index (χ1v) is 9.60. The molecule has 0 heteroatoms. The molecule has 4 aromatic carbocycles. The van der Waals surface area contributed by atoms with Crippen LogP contribution in [0.25, 0.3) is 32.7 Å². The SMILES string of the molecule is CC(C)c1ccc2c(-c3cccc4cc(C(C)C)ccc34)cccc2c1. The molecule has 130 valence electrons. The van der Waals surface area contributed by atoms with Gasteiger partial charge in [0.1, 0.15) is 0 Å². The van der Waals surface area contributed by atoms with Crippen LogP contribution in [0.3, 0.4) is 0 Å². The minimum atomic E-state index is 0.551. The summed E-state index contributed by atoms with van der Waals surface area (Å²) in [5.41, 5.74) is 5.43. The van der Waals surface area contributed by atoms with Gasteiger partial charge in [0.2, 0.25) is 0 Å².